The standard InChI is InChI=1S/C11H22N2O/c1-4-9(5-2)8(3)13-10(14)11(12)6-7-11/h8-9H,4-7,12H2,1-3H3,(H,13,14). The van der Waals surface area contributed by atoms with Crippen LogP contribution in [0.3, 0.4) is 0 Å². The fourth-order valence-electron chi connectivity index (χ4n) is 1.83. The third-order valence-corrected chi connectivity index (χ3v) is 3.36. The van der Waals surface area contributed by atoms with E-state index < -0.39 is 5.54 Å². The Labute approximate surface area is 86.4 Å². The van der Waals surface area contributed by atoms with E-state index in [9.17, 15) is 4.79 Å². The van der Waals surface area contributed by atoms with Gasteiger partial charge in [-0.15, -0.1) is 0 Å². The Morgan fingerprint density at radius 2 is 1.93 bits per heavy atom. The minimum absolute atomic E-state index is 0.0388. The topological polar surface area (TPSA) is 55.1 Å². The first-order valence-electron chi connectivity index (χ1n) is 5.63. The molecular formula is C11H22N2O. The van der Waals surface area contributed by atoms with E-state index >= 15 is 0 Å². The first kappa shape index (κ1) is 11.5. The van der Waals surface area contributed by atoms with Crippen LogP contribution >= 0.6 is 0 Å². The fourth-order valence-corrected chi connectivity index (χ4v) is 1.83. The van der Waals surface area contributed by atoms with E-state index in [0.717, 1.165) is 25.7 Å². The highest BCUT2D eigenvalue weighted by molar-refractivity contribution is 5.89. The molecule has 14 heavy (non-hydrogen) atoms. The van der Waals surface area contributed by atoms with Gasteiger partial charge in [-0.3, -0.25) is 4.79 Å². The maximum absolute atomic E-state index is 11.6. The minimum Gasteiger partial charge on any atom is -0.352 e. The van der Waals surface area contributed by atoms with Crippen molar-refractivity contribution in [3.8, 4) is 0 Å². The smallest absolute Gasteiger partial charge is 0.240 e. The molecule has 0 aromatic rings. The van der Waals surface area contributed by atoms with Crippen molar-refractivity contribution < 1.29 is 4.79 Å². The molecule has 3 heteroatoms. The average molecular weight is 198 g/mol. The summed E-state index contributed by atoms with van der Waals surface area (Å²) in [5.41, 5.74) is 5.28. The van der Waals surface area contributed by atoms with E-state index in [1.807, 2.05) is 0 Å². The second-order valence-corrected chi connectivity index (χ2v) is 4.49. The molecule has 0 heterocycles. The maximum Gasteiger partial charge on any atom is 0.240 e. The van der Waals surface area contributed by atoms with Crippen LogP contribution in [0.5, 0.6) is 0 Å². The van der Waals surface area contributed by atoms with Gasteiger partial charge in [-0.2, -0.15) is 0 Å². The highest BCUT2D eigenvalue weighted by Gasteiger charge is 2.46. The van der Waals surface area contributed by atoms with Crippen molar-refractivity contribution in [2.24, 2.45) is 11.7 Å². The molecule has 3 nitrogen and oxygen atoms in total. The van der Waals surface area contributed by atoms with Crippen molar-refractivity contribution in [2.45, 2.75) is 58.0 Å². The molecule has 1 unspecified atom stereocenters. The first-order valence-corrected chi connectivity index (χ1v) is 5.63. The lowest BCUT2D eigenvalue weighted by atomic mass is 9.95. The molecule has 1 atom stereocenters. The number of hydrogen-bond acceptors (Lipinski definition) is 2. The zero-order chi connectivity index (χ0) is 10.8. The van der Waals surface area contributed by atoms with Crippen LogP contribution in [0.2, 0.25) is 0 Å². The molecule has 3 N–H and O–H groups in total. The van der Waals surface area contributed by atoms with Crippen LogP contribution in [0.4, 0.5) is 0 Å². The summed E-state index contributed by atoms with van der Waals surface area (Å²) in [6.07, 6.45) is 3.90. The normalized spacial score (nSPS) is 20.6. The molecule has 0 aromatic heterocycles. The molecule has 82 valence electrons. The van der Waals surface area contributed by atoms with Gasteiger partial charge in [0.05, 0.1) is 5.54 Å². The van der Waals surface area contributed by atoms with Gasteiger partial charge in [-0.25, -0.2) is 0 Å². The van der Waals surface area contributed by atoms with Crippen molar-refractivity contribution >= 4 is 5.91 Å². The van der Waals surface area contributed by atoms with Crippen molar-refractivity contribution in [1.29, 1.82) is 0 Å². The molecule has 1 aliphatic rings. The number of nitrogens with one attached hydrogen (secondary N) is 1. The summed E-state index contributed by atoms with van der Waals surface area (Å²) in [6.45, 7) is 6.39. The lowest BCUT2D eigenvalue weighted by Crippen LogP contribution is -2.48. The number of nitrogens with two attached hydrogens (primary N) is 1. The second kappa shape index (κ2) is 4.30. The van der Waals surface area contributed by atoms with Gasteiger partial charge in [0.2, 0.25) is 5.91 Å². The Hall–Kier alpha value is -0.570. The summed E-state index contributed by atoms with van der Waals surface area (Å²) in [5, 5.41) is 3.02. The van der Waals surface area contributed by atoms with Gasteiger partial charge in [-0.05, 0) is 25.7 Å². The molecule has 0 radical (unpaired) electrons. The van der Waals surface area contributed by atoms with Gasteiger partial charge in [0.15, 0.2) is 0 Å². The summed E-state index contributed by atoms with van der Waals surface area (Å²) >= 11 is 0. The zero-order valence-electron chi connectivity index (χ0n) is 9.47. The lowest BCUT2D eigenvalue weighted by molar-refractivity contribution is -0.124. The van der Waals surface area contributed by atoms with Crippen LogP contribution in [0.15, 0.2) is 0 Å². The number of carbonyl (C=O) groups is 1. The van der Waals surface area contributed by atoms with Gasteiger partial charge >= 0.3 is 0 Å². The predicted octanol–water partition coefficient (Wildman–Crippen LogP) is 1.42. The largest absolute Gasteiger partial charge is 0.352 e. The Kier molecular flexibility index (Phi) is 3.53. The second-order valence-electron chi connectivity index (χ2n) is 4.49. The van der Waals surface area contributed by atoms with Crippen molar-refractivity contribution in [3.63, 3.8) is 0 Å². The highest BCUT2D eigenvalue weighted by atomic mass is 16.2. The molecule has 0 saturated heterocycles. The lowest BCUT2D eigenvalue weighted by Gasteiger charge is -2.24. The van der Waals surface area contributed by atoms with Crippen LogP contribution in [-0.2, 0) is 4.79 Å². The Balaban J connectivity index is 2.39. The molecule has 1 amide bonds. The van der Waals surface area contributed by atoms with E-state index in [1.165, 1.54) is 0 Å². The Bertz CT molecular complexity index is 207. The third kappa shape index (κ3) is 2.47. The first-order chi connectivity index (χ1) is 6.53. The summed E-state index contributed by atoms with van der Waals surface area (Å²) in [6, 6.07) is 0.249. The SMILES string of the molecule is CCC(CC)C(C)NC(=O)C1(N)CC1. The molecule has 1 fully saturated rings. The summed E-state index contributed by atoms with van der Waals surface area (Å²) in [4.78, 5) is 11.6. The number of carbonyl (C=O) groups excluding carboxylic acids is 1. The predicted molar refractivity (Wildman–Crippen MR) is 57.8 cm³/mol. The molecular weight excluding hydrogens is 176 g/mol. The monoisotopic (exact) mass is 198 g/mol. The van der Waals surface area contributed by atoms with Gasteiger partial charge in [0.25, 0.3) is 0 Å². The number of rotatable bonds is 5. The van der Waals surface area contributed by atoms with Crippen LogP contribution in [-0.4, -0.2) is 17.5 Å². The minimum atomic E-state index is -0.527. The molecule has 1 saturated carbocycles. The van der Waals surface area contributed by atoms with Crippen LogP contribution < -0.4 is 11.1 Å². The maximum atomic E-state index is 11.6. The molecule has 0 spiro atoms. The summed E-state index contributed by atoms with van der Waals surface area (Å²) in [5.74, 6) is 0.609. The van der Waals surface area contributed by atoms with Gasteiger partial charge in [-0.1, -0.05) is 26.7 Å². The fraction of sp³-hybridized carbons (Fsp3) is 0.909. The molecule has 1 aliphatic carbocycles. The summed E-state index contributed by atoms with van der Waals surface area (Å²) in [7, 11) is 0. The molecule has 1 rings (SSSR count). The van der Waals surface area contributed by atoms with Gasteiger partial charge in [0, 0.05) is 6.04 Å². The van der Waals surface area contributed by atoms with E-state index in [2.05, 4.69) is 26.1 Å². The van der Waals surface area contributed by atoms with E-state index in [0.29, 0.717) is 5.92 Å². The average Bonchev–Trinajstić information content (AvgIpc) is 2.87. The zero-order valence-corrected chi connectivity index (χ0v) is 9.47. The van der Waals surface area contributed by atoms with Crippen LogP contribution in [0.25, 0.3) is 0 Å². The van der Waals surface area contributed by atoms with Crippen molar-refractivity contribution in [2.75, 3.05) is 0 Å². The Morgan fingerprint density at radius 1 is 1.43 bits per heavy atom. The number of hydrogen-bond donors (Lipinski definition) is 2. The van der Waals surface area contributed by atoms with E-state index in [-0.39, 0.29) is 11.9 Å². The van der Waals surface area contributed by atoms with E-state index in [1.54, 1.807) is 0 Å². The highest BCUT2D eigenvalue weighted by Crippen LogP contribution is 2.32. The number of amides is 1. The molecule has 0 aromatic carbocycles. The van der Waals surface area contributed by atoms with Crippen molar-refractivity contribution in [1.82, 2.24) is 5.32 Å². The quantitative estimate of drug-likeness (QED) is 0.702. The Morgan fingerprint density at radius 3 is 2.29 bits per heavy atom. The van der Waals surface area contributed by atoms with Crippen LogP contribution in [0.1, 0.15) is 46.5 Å². The third-order valence-electron chi connectivity index (χ3n) is 3.36. The van der Waals surface area contributed by atoms with Crippen LogP contribution in [0, 0.1) is 5.92 Å². The van der Waals surface area contributed by atoms with Gasteiger partial charge < -0.3 is 11.1 Å². The molecule has 0 aliphatic heterocycles. The molecule has 0 bridgehead atoms. The van der Waals surface area contributed by atoms with Gasteiger partial charge in [0.1, 0.15) is 0 Å². The van der Waals surface area contributed by atoms with Crippen molar-refractivity contribution in [3.05, 3.63) is 0 Å². The van der Waals surface area contributed by atoms with E-state index in [4.69, 9.17) is 5.73 Å². The summed E-state index contributed by atoms with van der Waals surface area (Å²) < 4.78 is 0.